The maximum absolute atomic E-state index is 12.7. The summed E-state index contributed by atoms with van der Waals surface area (Å²) in [5.74, 6) is -0.505. The zero-order valence-electron chi connectivity index (χ0n) is 15.4. The van der Waals surface area contributed by atoms with E-state index < -0.39 is 15.9 Å². The molecule has 150 valence electrons. The van der Waals surface area contributed by atoms with E-state index in [2.05, 4.69) is 4.72 Å². The van der Waals surface area contributed by atoms with Crippen LogP contribution in [-0.4, -0.2) is 14.3 Å². The summed E-state index contributed by atoms with van der Waals surface area (Å²) in [6.07, 6.45) is 0. The van der Waals surface area contributed by atoms with Crippen LogP contribution in [0.25, 0.3) is 0 Å². The highest BCUT2D eigenvalue weighted by Crippen LogP contribution is 2.23. The minimum Gasteiger partial charge on any atom is -0.488 e. The lowest BCUT2D eigenvalue weighted by molar-refractivity contribution is 0.0977. The molecule has 5 nitrogen and oxygen atoms in total. The number of aryl methyl sites for hydroxylation is 1. The number of ether oxygens (including phenoxy) is 1. The summed E-state index contributed by atoms with van der Waals surface area (Å²) in [6.45, 7) is 2.05. The molecule has 0 aliphatic carbocycles. The highest BCUT2D eigenvalue weighted by atomic mass is 35.5. The number of halogens is 2. The number of rotatable bonds is 6. The molecule has 29 heavy (non-hydrogen) atoms. The van der Waals surface area contributed by atoms with E-state index in [0.29, 0.717) is 10.0 Å². The summed E-state index contributed by atoms with van der Waals surface area (Å²) in [7, 11) is -4.05. The van der Waals surface area contributed by atoms with Crippen LogP contribution in [0.3, 0.4) is 0 Å². The van der Waals surface area contributed by atoms with Crippen LogP contribution in [0.4, 0.5) is 0 Å². The zero-order chi connectivity index (χ0) is 21.0. The van der Waals surface area contributed by atoms with E-state index in [1.165, 1.54) is 30.3 Å². The van der Waals surface area contributed by atoms with Gasteiger partial charge in [-0.15, -0.1) is 0 Å². The Balaban J connectivity index is 1.81. The van der Waals surface area contributed by atoms with Crippen molar-refractivity contribution in [3.63, 3.8) is 0 Å². The number of hydrogen-bond acceptors (Lipinski definition) is 4. The summed E-state index contributed by atoms with van der Waals surface area (Å²) >= 11 is 11.7. The molecule has 0 radical (unpaired) electrons. The quantitative estimate of drug-likeness (QED) is 0.574. The van der Waals surface area contributed by atoms with Gasteiger partial charge in [0.1, 0.15) is 12.4 Å². The van der Waals surface area contributed by atoms with Crippen molar-refractivity contribution in [2.45, 2.75) is 18.4 Å². The Morgan fingerprint density at radius 1 is 0.931 bits per heavy atom. The molecule has 0 unspecified atom stereocenters. The van der Waals surface area contributed by atoms with Gasteiger partial charge in [0, 0.05) is 10.0 Å². The second kappa shape index (κ2) is 8.86. The van der Waals surface area contributed by atoms with Crippen LogP contribution in [0, 0.1) is 6.92 Å². The van der Waals surface area contributed by atoms with Crippen molar-refractivity contribution in [1.29, 1.82) is 0 Å². The van der Waals surface area contributed by atoms with Gasteiger partial charge in [0.2, 0.25) is 0 Å². The number of amides is 1. The lowest BCUT2D eigenvalue weighted by Gasteiger charge is -2.13. The van der Waals surface area contributed by atoms with Crippen LogP contribution in [0.1, 0.15) is 21.5 Å². The van der Waals surface area contributed by atoms with Gasteiger partial charge in [0.15, 0.2) is 0 Å². The lowest BCUT2D eigenvalue weighted by atomic mass is 10.1. The van der Waals surface area contributed by atoms with Gasteiger partial charge < -0.3 is 4.74 Å². The van der Waals surface area contributed by atoms with Crippen molar-refractivity contribution in [2.24, 2.45) is 0 Å². The molecule has 0 heterocycles. The molecule has 3 aromatic rings. The average Bonchev–Trinajstić information content (AvgIpc) is 2.67. The molecule has 3 aromatic carbocycles. The first kappa shape index (κ1) is 21.2. The number of sulfonamides is 1. The third-order valence-electron chi connectivity index (χ3n) is 4.04. The summed E-state index contributed by atoms with van der Waals surface area (Å²) < 4.78 is 32.8. The first-order valence-electron chi connectivity index (χ1n) is 8.55. The number of benzene rings is 3. The molecule has 3 rings (SSSR count). The largest absolute Gasteiger partial charge is 0.488 e. The van der Waals surface area contributed by atoms with Crippen molar-refractivity contribution in [2.75, 3.05) is 0 Å². The summed E-state index contributed by atoms with van der Waals surface area (Å²) in [4.78, 5) is 12.6. The standard InChI is InChI=1S/C21H17Cl2NO4S/c1-14-2-11-19(20(12-14)28-13-15-3-5-16(22)6-4-15)21(25)24-29(26,27)18-9-7-17(23)8-10-18/h2-12H,13H2,1H3,(H,24,25). The normalized spacial score (nSPS) is 11.1. The summed E-state index contributed by atoms with van der Waals surface area (Å²) in [5, 5.41) is 1.00. The smallest absolute Gasteiger partial charge is 0.268 e. The minimum atomic E-state index is -4.05. The SMILES string of the molecule is Cc1ccc(C(=O)NS(=O)(=O)c2ccc(Cl)cc2)c(OCc2ccc(Cl)cc2)c1. The number of nitrogens with one attached hydrogen (secondary N) is 1. The zero-order valence-corrected chi connectivity index (χ0v) is 17.7. The predicted octanol–water partition coefficient (Wildman–Crippen LogP) is 5.00. The molecule has 0 aromatic heterocycles. The Morgan fingerprint density at radius 3 is 2.14 bits per heavy atom. The molecule has 0 aliphatic rings. The fourth-order valence-electron chi connectivity index (χ4n) is 2.53. The van der Waals surface area contributed by atoms with Crippen LogP contribution in [-0.2, 0) is 16.6 Å². The van der Waals surface area contributed by atoms with Gasteiger partial charge in [0.25, 0.3) is 15.9 Å². The maximum atomic E-state index is 12.7. The Hall–Kier alpha value is -2.54. The van der Waals surface area contributed by atoms with Gasteiger partial charge in [-0.1, -0.05) is 41.4 Å². The molecule has 0 saturated heterocycles. The molecule has 0 bridgehead atoms. The third kappa shape index (κ3) is 5.50. The molecule has 1 amide bonds. The number of carbonyl (C=O) groups excluding carboxylic acids is 1. The maximum Gasteiger partial charge on any atom is 0.268 e. The van der Waals surface area contributed by atoms with Crippen LogP contribution >= 0.6 is 23.2 Å². The fraction of sp³-hybridized carbons (Fsp3) is 0.0952. The Labute approximate surface area is 179 Å². The molecule has 0 aliphatic heterocycles. The second-order valence-corrected chi connectivity index (χ2v) is 8.86. The Bertz CT molecular complexity index is 1130. The predicted molar refractivity (Wildman–Crippen MR) is 113 cm³/mol. The van der Waals surface area contributed by atoms with E-state index in [-0.39, 0.29) is 22.8 Å². The first-order chi connectivity index (χ1) is 13.7. The van der Waals surface area contributed by atoms with Gasteiger partial charge in [-0.05, 0) is 66.6 Å². The lowest BCUT2D eigenvalue weighted by Crippen LogP contribution is -2.30. The minimum absolute atomic E-state index is 0.0639. The van der Waals surface area contributed by atoms with Crippen LogP contribution in [0.2, 0.25) is 10.0 Å². The molecule has 8 heteroatoms. The molecule has 0 saturated carbocycles. The van der Waals surface area contributed by atoms with Crippen molar-refractivity contribution >= 4 is 39.1 Å². The molecular weight excluding hydrogens is 433 g/mol. The van der Waals surface area contributed by atoms with Gasteiger partial charge in [0.05, 0.1) is 10.5 Å². The van der Waals surface area contributed by atoms with Crippen LogP contribution < -0.4 is 9.46 Å². The van der Waals surface area contributed by atoms with E-state index in [0.717, 1.165) is 11.1 Å². The fourth-order valence-corrected chi connectivity index (χ4v) is 3.75. The van der Waals surface area contributed by atoms with Crippen molar-refractivity contribution in [1.82, 2.24) is 4.72 Å². The summed E-state index contributed by atoms with van der Waals surface area (Å²) in [5.41, 5.74) is 1.84. The van der Waals surface area contributed by atoms with E-state index in [9.17, 15) is 13.2 Å². The topological polar surface area (TPSA) is 72.5 Å². The average molecular weight is 450 g/mol. The molecule has 1 N–H and O–H groups in total. The molecule has 0 atom stereocenters. The second-order valence-electron chi connectivity index (χ2n) is 6.30. The van der Waals surface area contributed by atoms with Crippen LogP contribution in [0.15, 0.2) is 71.6 Å². The molecule has 0 spiro atoms. The van der Waals surface area contributed by atoms with Crippen molar-refractivity contribution < 1.29 is 17.9 Å². The van der Waals surface area contributed by atoms with E-state index >= 15 is 0 Å². The van der Waals surface area contributed by atoms with Gasteiger partial charge in [-0.2, -0.15) is 0 Å². The highest BCUT2D eigenvalue weighted by Gasteiger charge is 2.21. The van der Waals surface area contributed by atoms with Gasteiger partial charge in [-0.3, -0.25) is 4.79 Å². The number of carbonyl (C=O) groups is 1. The van der Waals surface area contributed by atoms with E-state index in [1.54, 1.807) is 24.3 Å². The van der Waals surface area contributed by atoms with Gasteiger partial charge >= 0.3 is 0 Å². The van der Waals surface area contributed by atoms with E-state index in [4.69, 9.17) is 27.9 Å². The third-order valence-corrected chi connectivity index (χ3v) is 5.89. The van der Waals surface area contributed by atoms with Crippen molar-refractivity contribution in [3.05, 3.63) is 93.5 Å². The highest BCUT2D eigenvalue weighted by molar-refractivity contribution is 7.90. The molecular formula is C21H17Cl2NO4S. The van der Waals surface area contributed by atoms with Crippen molar-refractivity contribution in [3.8, 4) is 5.75 Å². The van der Waals surface area contributed by atoms with E-state index in [1.807, 2.05) is 19.1 Å². The number of hydrogen-bond donors (Lipinski definition) is 1. The Morgan fingerprint density at radius 2 is 1.52 bits per heavy atom. The first-order valence-corrected chi connectivity index (χ1v) is 10.8. The van der Waals surface area contributed by atoms with Gasteiger partial charge in [-0.25, -0.2) is 13.1 Å². The summed E-state index contributed by atoms with van der Waals surface area (Å²) in [6, 6.07) is 17.5. The Kier molecular flexibility index (Phi) is 6.47. The van der Waals surface area contributed by atoms with Crippen LogP contribution in [0.5, 0.6) is 5.75 Å². The molecule has 0 fully saturated rings. The monoisotopic (exact) mass is 449 g/mol.